The Morgan fingerprint density at radius 2 is 2.23 bits per heavy atom. The van der Waals surface area contributed by atoms with E-state index in [0.29, 0.717) is 10.6 Å². The number of hydrogen-bond donors (Lipinski definition) is 1. The smallest absolute Gasteiger partial charge is 0.158 e. The lowest BCUT2D eigenvalue weighted by molar-refractivity contribution is 0.270. The van der Waals surface area contributed by atoms with Crippen LogP contribution >= 0.6 is 23.5 Å². The van der Waals surface area contributed by atoms with E-state index >= 15 is 0 Å². The first-order valence-corrected chi connectivity index (χ1v) is 8.03. The summed E-state index contributed by atoms with van der Waals surface area (Å²) in [6, 6.07) is 5.49. The number of rotatable bonds is 0. The van der Waals surface area contributed by atoms with Gasteiger partial charge in [0.2, 0.25) is 0 Å². The quantitative estimate of drug-likeness (QED) is 0.642. The Balaban J connectivity index is 2.03. The number of allylic oxidation sites excluding steroid dienone is 4. The van der Waals surface area contributed by atoms with Crippen LogP contribution in [0.15, 0.2) is 41.2 Å². The van der Waals surface area contributed by atoms with Crippen molar-refractivity contribution in [3.8, 4) is 0 Å². The normalized spacial score (nSPS) is 23.7. The minimum atomic E-state index is -1.59. The second kappa shape index (κ2) is 4.96. The van der Waals surface area contributed by atoms with Gasteiger partial charge in [0, 0.05) is 28.0 Å². The molecule has 0 saturated heterocycles. The number of nitrogens with one attached hydrogen (secondary N) is 1. The monoisotopic (exact) mass is 336 g/mol. The van der Waals surface area contributed by atoms with Crippen LogP contribution in [0, 0.1) is 5.92 Å². The fourth-order valence-corrected chi connectivity index (χ4v) is 4.15. The highest BCUT2D eigenvalue weighted by Crippen LogP contribution is 2.50. The van der Waals surface area contributed by atoms with Gasteiger partial charge in [0.1, 0.15) is 5.83 Å². The lowest BCUT2D eigenvalue weighted by Crippen LogP contribution is -2.22. The molecule has 112 valence electrons. The van der Waals surface area contributed by atoms with E-state index in [0.717, 1.165) is 27.1 Å². The predicted octanol–water partition coefficient (Wildman–Crippen LogP) is 5.51. The average molecular weight is 337 g/mol. The summed E-state index contributed by atoms with van der Waals surface area (Å²) >= 11 is 7.66. The molecule has 1 aliphatic carbocycles. The fourth-order valence-electron chi connectivity index (χ4n) is 2.89. The van der Waals surface area contributed by atoms with Gasteiger partial charge in [-0.05, 0) is 41.8 Å². The number of aromatic nitrogens is 1. The van der Waals surface area contributed by atoms with E-state index in [1.54, 1.807) is 19.2 Å². The molecule has 1 aliphatic heterocycles. The van der Waals surface area contributed by atoms with Crippen molar-refractivity contribution in [2.24, 2.45) is 5.92 Å². The third-order valence-corrected chi connectivity index (χ3v) is 5.49. The molecule has 4 rings (SSSR count). The Morgan fingerprint density at radius 1 is 1.41 bits per heavy atom. The molecule has 1 aromatic heterocycles. The fraction of sp³-hybridized carbons (Fsp3) is 0.188. The van der Waals surface area contributed by atoms with E-state index in [1.165, 1.54) is 18.0 Å². The lowest BCUT2D eigenvalue weighted by Gasteiger charge is -2.31. The summed E-state index contributed by atoms with van der Waals surface area (Å²) in [6.45, 7) is 1.69. The van der Waals surface area contributed by atoms with Crippen LogP contribution in [-0.4, -0.2) is 11.2 Å². The second-order valence-electron chi connectivity index (χ2n) is 5.38. The van der Waals surface area contributed by atoms with E-state index in [9.17, 15) is 8.78 Å². The predicted molar refractivity (Wildman–Crippen MR) is 88.1 cm³/mol. The van der Waals surface area contributed by atoms with Crippen molar-refractivity contribution in [3.05, 3.63) is 51.8 Å². The number of alkyl halides is 1. The molecule has 0 bridgehead atoms. The highest BCUT2D eigenvalue weighted by Gasteiger charge is 2.35. The Labute approximate surface area is 135 Å². The maximum atomic E-state index is 13.9. The molecule has 0 saturated carbocycles. The first kappa shape index (κ1) is 14.0. The van der Waals surface area contributed by atoms with Crippen LogP contribution in [0.2, 0.25) is 5.02 Å². The Bertz CT molecular complexity index is 863. The minimum Gasteiger partial charge on any atom is -0.323 e. The largest absolute Gasteiger partial charge is 0.323 e. The van der Waals surface area contributed by atoms with E-state index in [2.05, 4.69) is 9.71 Å². The molecule has 0 amide bonds. The molecular weight excluding hydrogens is 326 g/mol. The van der Waals surface area contributed by atoms with Gasteiger partial charge >= 0.3 is 0 Å². The molecular formula is C16H11ClF2N2S. The molecule has 1 N–H and O–H groups in total. The average Bonchev–Trinajstić information content (AvgIpc) is 2.53. The number of halogens is 3. The summed E-state index contributed by atoms with van der Waals surface area (Å²) in [4.78, 5) is 5.16. The van der Waals surface area contributed by atoms with Crippen LogP contribution in [0.5, 0.6) is 0 Å². The molecule has 0 fully saturated rings. The van der Waals surface area contributed by atoms with Crippen LogP contribution in [0.25, 0.3) is 16.5 Å². The van der Waals surface area contributed by atoms with Crippen LogP contribution in [0.1, 0.15) is 12.5 Å². The van der Waals surface area contributed by atoms with Crippen LogP contribution in [-0.2, 0) is 0 Å². The van der Waals surface area contributed by atoms with Gasteiger partial charge in [-0.2, -0.15) is 0 Å². The van der Waals surface area contributed by atoms with Crippen LogP contribution in [0.4, 0.5) is 14.5 Å². The van der Waals surface area contributed by atoms with Gasteiger partial charge in [-0.3, -0.25) is 4.98 Å². The van der Waals surface area contributed by atoms with Gasteiger partial charge in [-0.1, -0.05) is 18.5 Å². The van der Waals surface area contributed by atoms with Gasteiger partial charge < -0.3 is 4.72 Å². The van der Waals surface area contributed by atoms with E-state index in [1.807, 2.05) is 12.1 Å². The molecule has 2 unspecified atom stereocenters. The molecule has 2 nitrogen and oxygen atoms in total. The van der Waals surface area contributed by atoms with Crippen molar-refractivity contribution in [1.82, 2.24) is 4.98 Å². The summed E-state index contributed by atoms with van der Waals surface area (Å²) in [5, 5.41) is 1.38. The summed E-state index contributed by atoms with van der Waals surface area (Å²) in [7, 11) is 0. The first-order valence-electron chi connectivity index (χ1n) is 6.83. The zero-order chi connectivity index (χ0) is 15.4. The van der Waals surface area contributed by atoms with Gasteiger partial charge in [-0.15, -0.1) is 0 Å². The van der Waals surface area contributed by atoms with Gasteiger partial charge in [0.15, 0.2) is 6.17 Å². The second-order valence-corrected chi connectivity index (χ2v) is 6.64. The van der Waals surface area contributed by atoms with Gasteiger partial charge in [0.05, 0.1) is 16.2 Å². The zero-order valence-corrected chi connectivity index (χ0v) is 13.1. The standard InChI is InChI=1S/C16H11ClF2N2S/c1-7-13(19)12(18)6-10-9-5-11(17)8-3-2-4-20-14(8)15(9)21-22-16(7)10/h2-7,13,21H,1H3. The Morgan fingerprint density at radius 3 is 3.05 bits per heavy atom. The molecule has 0 spiro atoms. The van der Waals surface area contributed by atoms with Gasteiger partial charge in [0.25, 0.3) is 0 Å². The molecule has 6 heteroatoms. The number of benzene rings is 1. The van der Waals surface area contributed by atoms with E-state index in [4.69, 9.17) is 11.6 Å². The number of nitrogens with zero attached hydrogens (tertiary/aromatic N) is 1. The van der Waals surface area contributed by atoms with Crippen molar-refractivity contribution in [2.45, 2.75) is 13.1 Å². The molecule has 1 aromatic carbocycles. The first-order chi connectivity index (χ1) is 10.6. The zero-order valence-electron chi connectivity index (χ0n) is 11.5. The van der Waals surface area contributed by atoms with Crippen molar-refractivity contribution < 1.29 is 8.78 Å². The third-order valence-electron chi connectivity index (χ3n) is 4.06. The van der Waals surface area contributed by atoms with Crippen molar-refractivity contribution >= 4 is 45.7 Å². The van der Waals surface area contributed by atoms with Crippen molar-refractivity contribution in [3.63, 3.8) is 0 Å². The summed E-state index contributed by atoms with van der Waals surface area (Å²) in [6.07, 6.45) is 1.37. The maximum absolute atomic E-state index is 13.9. The third kappa shape index (κ3) is 1.88. The maximum Gasteiger partial charge on any atom is 0.158 e. The SMILES string of the molecule is CC1C2=C(C=C(F)C1F)c1cc(Cl)c3cccnc3c1NS2. The topological polar surface area (TPSA) is 24.9 Å². The lowest BCUT2D eigenvalue weighted by atomic mass is 9.89. The van der Waals surface area contributed by atoms with Crippen LogP contribution in [0.3, 0.4) is 0 Å². The van der Waals surface area contributed by atoms with E-state index < -0.39 is 17.9 Å². The molecule has 2 atom stereocenters. The van der Waals surface area contributed by atoms with Crippen molar-refractivity contribution in [1.29, 1.82) is 0 Å². The molecule has 0 radical (unpaired) electrons. The Kier molecular flexibility index (Phi) is 3.16. The van der Waals surface area contributed by atoms with E-state index in [-0.39, 0.29) is 0 Å². The number of pyridine rings is 1. The number of anilines is 1. The molecule has 2 aromatic rings. The van der Waals surface area contributed by atoms with Crippen LogP contribution < -0.4 is 4.72 Å². The summed E-state index contributed by atoms with van der Waals surface area (Å²) in [5.74, 6) is -1.26. The molecule has 2 aliphatic rings. The van der Waals surface area contributed by atoms with Crippen molar-refractivity contribution in [2.75, 3.05) is 4.72 Å². The Hall–Kier alpha value is -1.59. The highest BCUT2D eigenvalue weighted by molar-refractivity contribution is 8.04. The number of hydrogen-bond acceptors (Lipinski definition) is 3. The summed E-state index contributed by atoms with van der Waals surface area (Å²) in [5.41, 5.74) is 2.97. The molecule has 2 heterocycles. The number of fused-ring (bicyclic) bond motifs is 4. The minimum absolute atomic E-state index is 0.524. The highest BCUT2D eigenvalue weighted by atomic mass is 35.5. The van der Waals surface area contributed by atoms with Gasteiger partial charge in [-0.25, -0.2) is 8.78 Å². The molecule has 22 heavy (non-hydrogen) atoms. The summed E-state index contributed by atoms with van der Waals surface area (Å²) < 4.78 is 31.0.